The van der Waals surface area contributed by atoms with E-state index in [0.717, 1.165) is 18.4 Å². The van der Waals surface area contributed by atoms with Crippen molar-refractivity contribution in [2.24, 2.45) is 0 Å². The maximum Gasteiger partial charge on any atom is 0.267 e. The molecule has 1 aromatic carbocycles. The summed E-state index contributed by atoms with van der Waals surface area (Å²) < 4.78 is 1.50. The van der Waals surface area contributed by atoms with Gasteiger partial charge >= 0.3 is 0 Å². The third kappa shape index (κ3) is 3.73. The average Bonchev–Trinajstić information content (AvgIpc) is 3.46. The topological polar surface area (TPSA) is 76.9 Å². The summed E-state index contributed by atoms with van der Waals surface area (Å²) >= 11 is 1.28. The molecule has 7 heteroatoms. The van der Waals surface area contributed by atoms with Crippen molar-refractivity contribution in [2.45, 2.75) is 43.1 Å². The molecule has 0 unspecified atom stereocenters. The molecule has 4 rings (SSSR count). The monoisotopic (exact) mass is 380 g/mol. The van der Waals surface area contributed by atoms with Crippen molar-refractivity contribution >= 4 is 28.6 Å². The zero-order valence-corrected chi connectivity index (χ0v) is 16.0. The van der Waals surface area contributed by atoms with Crippen molar-refractivity contribution in [3.05, 3.63) is 58.5 Å². The van der Waals surface area contributed by atoms with Crippen LogP contribution in [-0.2, 0) is 4.79 Å². The van der Waals surface area contributed by atoms with E-state index in [-0.39, 0.29) is 16.7 Å². The molecular formula is C20H20N4O2S. The minimum atomic E-state index is -0.366. The number of thioether (sulfide) groups is 1. The van der Waals surface area contributed by atoms with Crippen LogP contribution in [-0.4, -0.2) is 31.7 Å². The highest BCUT2D eigenvalue weighted by Gasteiger charge is 2.27. The van der Waals surface area contributed by atoms with E-state index in [9.17, 15) is 9.59 Å². The molecule has 0 bridgehead atoms. The predicted octanol–water partition coefficient (Wildman–Crippen LogP) is 2.85. The quantitative estimate of drug-likeness (QED) is 0.544. The number of rotatable bonds is 5. The van der Waals surface area contributed by atoms with Crippen molar-refractivity contribution in [1.82, 2.24) is 19.9 Å². The number of aryl methyl sites for hydroxylation is 1. The number of carbonyl (C=O) groups is 1. The Bertz CT molecular complexity index is 1080. The number of hydrogen-bond donors (Lipinski definition) is 1. The van der Waals surface area contributed by atoms with Crippen molar-refractivity contribution < 1.29 is 4.79 Å². The minimum absolute atomic E-state index is 0.0336. The molecule has 2 heterocycles. The second-order valence-electron chi connectivity index (χ2n) is 6.79. The van der Waals surface area contributed by atoms with Gasteiger partial charge in [-0.3, -0.25) is 9.59 Å². The van der Waals surface area contributed by atoms with Gasteiger partial charge in [0.1, 0.15) is 5.82 Å². The van der Waals surface area contributed by atoms with Gasteiger partial charge in [-0.25, -0.2) is 14.5 Å². The molecule has 1 fully saturated rings. The Labute approximate surface area is 161 Å². The summed E-state index contributed by atoms with van der Waals surface area (Å²) in [6, 6.07) is 11.3. The van der Waals surface area contributed by atoms with E-state index in [1.807, 2.05) is 44.2 Å². The molecular weight excluding hydrogens is 360 g/mol. The number of aromatic nitrogens is 3. The van der Waals surface area contributed by atoms with Gasteiger partial charge in [0.25, 0.3) is 5.56 Å². The number of amides is 1. The first-order valence-corrected chi connectivity index (χ1v) is 9.83. The van der Waals surface area contributed by atoms with E-state index in [1.54, 1.807) is 12.3 Å². The number of nitrogens with zero attached hydrogens (tertiary/aromatic N) is 3. The smallest absolute Gasteiger partial charge is 0.267 e. The molecule has 0 spiro atoms. The third-order valence-electron chi connectivity index (χ3n) is 4.45. The van der Waals surface area contributed by atoms with Crippen LogP contribution < -0.4 is 10.9 Å². The summed E-state index contributed by atoms with van der Waals surface area (Å²) in [6.45, 7) is 3.78. The average molecular weight is 380 g/mol. The Balaban J connectivity index is 1.81. The Kier molecular flexibility index (Phi) is 4.70. The van der Waals surface area contributed by atoms with Crippen LogP contribution in [0.25, 0.3) is 16.7 Å². The van der Waals surface area contributed by atoms with Gasteiger partial charge < -0.3 is 5.32 Å². The third-order valence-corrected chi connectivity index (χ3v) is 5.50. The van der Waals surface area contributed by atoms with E-state index in [1.165, 1.54) is 16.3 Å². The predicted molar refractivity (Wildman–Crippen MR) is 106 cm³/mol. The molecule has 2 aromatic heterocycles. The van der Waals surface area contributed by atoms with Crippen LogP contribution in [0.2, 0.25) is 0 Å². The second kappa shape index (κ2) is 7.15. The fourth-order valence-corrected chi connectivity index (χ4v) is 3.72. The van der Waals surface area contributed by atoms with Gasteiger partial charge in [0.05, 0.1) is 16.2 Å². The lowest BCUT2D eigenvalue weighted by molar-refractivity contribution is -0.120. The van der Waals surface area contributed by atoms with Crippen LogP contribution in [0.15, 0.2) is 52.5 Å². The molecule has 1 aliphatic carbocycles. The summed E-state index contributed by atoms with van der Waals surface area (Å²) in [5.41, 5.74) is 1.43. The van der Waals surface area contributed by atoms with Crippen molar-refractivity contribution in [1.29, 1.82) is 0 Å². The SMILES string of the molecule is Cc1ccnc(-n2c(S[C@@H](C)C(=O)NC3CC3)nc3ccccc3c2=O)c1. The van der Waals surface area contributed by atoms with E-state index >= 15 is 0 Å². The van der Waals surface area contributed by atoms with Gasteiger partial charge in [-0.15, -0.1) is 0 Å². The maximum atomic E-state index is 13.2. The zero-order valence-electron chi connectivity index (χ0n) is 15.2. The molecule has 1 saturated carbocycles. The lowest BCUT2D eigenvalue weighted by Crippen LogP contribution is -2.33. The second-order valence-corrected chi connectivity index (χ2v) is 8.09. The summed E-state index contributed by atoms with van der Waals surface area (Å²) in [5, 5.41) is 3.63. The first kappa shape index (κ1) is 17.7. The highest BCUT2D eigenvalue weighted by molar-refractivity contribution is 8.00. The van der Waals surface area contributed by atoms with Crippen molar-refractivity contribution in [2.75, 3.05) is 0 Å². The molecule has 1 amide bonds. The number of benzene rings is 1. The van der Waals surface area contributed by atoms with Gasteiger partial charge in [-0.2, -0.15) is 0 Å². The van der Waals surface area contributed by atoms with E-state index in [4.69, 9.17) is 0 Å². The number of pyridine rings is 1. The van der Waals surface area contributed by atoms with Gasteiger partial charge in [0.15, 0.2) is 5.16 Å². The van der Waals surface area contributed by atoms with Gasteiger partial charge in [-0.1, -0.05) is 23.9 Å². The normalized spacial score (nSPS) is 14.9. The number of nitrogens with one attached hydrogen (secondary N) is 1. The Morgan fingerprint density at radius 2 is 2.07 bits per heavy atom. The van der Waals surface area contributed by atoms with E-state index in [2.05, 4.69) is 15.3 Å². The fraction of sp³-hybridized carbons (Fsp3) is 0.300. The fourth-order valence-electron chi connectivity index (χ4n) is 2.79. The summed E-state index contributed by atoms with van der Waals surface area (Å²) in [6.07, 6.45) is 3.74. The van der Waals surface area contributed by atoms with Crippen LogP contribution in [0.5, 0.6) is 0 Å². The zero-order chi connectivity index (χ0) is 19.0. The largest absolute Gasteiger partial charge is 0.352 e. The van der Waals surface area contributed by atoms with Gasteiger partial charge in [0.2, 0.25) is 5.91 Å². The van der Waals surface area contributed by atoms with Crippen LogP contribution in [0.4, 0.5) is 0 Å². The Morgan fingerprint density at radius 3 is 2.81 bits per heavy atom. The standard InChI is InChI=1S/C20H20N4O2S/c1-12-9-10-21-17(11-12)24-19(26)15-5-3-4-6-16(15)23-20(24)27-13(2)18(25)22-14-7-8-14/h3-6,9-11,13-14H,7-8H2,1-2H3,(H,22,25)/t13-/m0/s1. The molecule has 138 valence electrons. The Morgan fingerprint density at radius 1 is 1.30 bits per heavy atom. The first-order chi connectivity index (χ1) is 13.0. The van der Waals surface area contributed by atoms with Crippen LogP contribution in [0, 0.1) is 6.92 Å². The first-order valence-electron chi connectivity index (χ1n) is 8.95. The number of carbonyl (C=O) groups excluding carboxylic acids is 1. The molecule has 0 aliphatic heterocycles. The molecule has 1 atom stereocenters. The maximum absolute atomic E-state index is 13.2. The minimum Gasteiger partial charge on any atom is -0.352 e. The summed E-state index contributed by atoms with van der Waals surface area (Å²) in [5.74, 6) is 0.476. The molecule has 1 N–H and O–H groups in total. The van der Waals surface area contributed by atoms with Crippen LogP contribution in [0.1, 0.15) is 25.3 Å². The van der Waals surface area contributed by atoms with Crippen molar-refractivity contribution in [3.63, 3.8) is 0 Å². The van der Waals surface area contributed by atoms with Gasteiger partial charge in [0, 0.05) is 12.2 Å². The summed E-state index contributed by atoms with van der Waals surface area (Å²) in [4.78, 5) is 34.6. The number of hydrogen-bond acceptors (Lipinski definition) is 5. The van der Waals surface area contributed by atoms with Crippen LogP contribution in [0.3, 0.4) is 0 Å². The van der Waals surface area contributed by atoms with E-state index < -0.39 is 0 Å². The molecule has 1 aliphatic rings. The summed E-state index contributed by atoms with van der Waals surface area (Å²) in [7, 11) is 0. The van der Waals surface area contributed by atoms with Gasteiger partial charge in [-0.05, 0) is 56.5 Å². The molecule has 0 saturated heterocycles. The van der Waals surface area contributed by atoms with Crippen LogP contribution >= 0.6 is 11.8 Å². The van der Waals surface area contributed by atoms with Crippen molar-refractivity contribution in [3.8, 4) is 5.82 Å². The highest BCUT2D eigenvalue weighted by atomic mass is 32.2. The molecule has 27 heavy (non-hydrogen) atoms. The molecule has 6 nitrogen and oxygen atoms in total. The van der Waals surface area contributed by atoms with E-state index in [0.29, 0.717) is 27.9 Å². The number of para-hydroxylation sites is 1. The molecule has 3 aromatic rings. The number of fused-ring (bicyclic) bond motifs is 1. The lowest BCUT2D eigenvalue weighted by Gasteiger charge is -2.16. The highest BCUT2D eigenvalue weighted by Crippen LogP contribution is 2.26. The lowest BCUT2D eigenvalue weighted by atomic mass is 10.2. The Hall–Kier alpha value is -2.67. The molecule has 0 radical (unpaired) electrons.